The molecule has 0 atom stereocenters. The van der Waals surface area contributed by atoms with Gasteiger partial charge < -0.3 is 0 Å². The Hall–Kier alpha value is -1.33. The minimum absolute atomic E-state index is 0.118. The summed E-state index contributed by atoms with van der Waals surface area (Å²) in [5.41, 5.74) is 0.434. The number of hydrogen-bond donors (Lipinski definition) is 0. The molecule has 0 N–H and O–H groups in total. The number of hydrogen-bond acceptors (Lipinski definition) is 1. The molecule has 0 amide bonds. The summed E-state index contributed by atoms with van der Waals surface area (Å²) in [7, 11) is 0. The number of nitriles is 1. The Labute approximate surface area is 74.7 Å². The summed E-state index contributed by atoms with van der Waals surface area (Å²) in [4.78, 5) is 0. The van der Waals surface area contributed by atoms with Gasteiger partial charge in [0.15, 0.2) is 0 Å². The molecule has 1 rings (SSSR count). The largest absolute Gasteiger partial charge is 0.205 e. The standard InChI is InChI=1S/C9H5ClFN/c1-2-6-3-4-8(11)7(5-12)9(6)10/h2-4H,1H2. The van der Waals surface area contributed by atoms with E-state index < -0.39 is 5.82 Å². The Kier molecular flexibility index (Phi) is 2.47. The predicted molar refractivity (Wildman–Crippen MR) is 46.2 cm³/mol. The third-order valence-electron chi connectivity index (χ3n) is 1.45. The zero-order valence-electron chi connectivity index (χ0n) is 6.14. The quantitative estimate of drug-likeness (QED) is 0.654. The third kappa shape index (κ3) is 1.32. The molecule has 0 spiro atoms. The second-order valence-electron chi connectivity index (χ2n) is 2.14. The van der Waals surface area contributed by atoms with E-state index >= 15 is 0 Å². The van der Waals surface area contributed by atoms with Crippen LogP contribution < -0.4 is 0 Å². The molecule has 0 aliphatic heterocycles. The molecule has 0 unspecified atom stereocenters. The Balaban J connectivity index is 3.46. The van der Waals surface area contributed by atoms with Crippen LogP contribution in [0.2, 0.25) is 5.02 Å². The van der Waals surface area contributed by atoms with Crippen LogP contribution >= 0.6 is 11.6 Å². The molecular weight excluding hydrogens is 177 g/mol. The van der Waals surface area contributed by atoms with Crippen molar-refractivity contribution in [3.63, 3.8) is 0 Å². The molecule has 0 aliphatic carbocycles. The maximum Gasteiger partial charge on any atom is 0.142 e. The second-order valence-corrected chi connectivity index (χ2v) is 2.52. The SMILES string of the molecule is C=Cc1ccc(F)c(C#N)c1Cl. The van der Waals surface area contributed by atoms with Crippen LogP contribution in [0.1, 0.15) is 11.1 Å². The van der Waals surface area contributed by atoms with Crippen molar-refractivity contribution in [1.29, 1.82) is 5.26 Å². The highest BCUT2D eigenvalue weighted by molar-refractivity contribution is 6.33. The van der Waals surface area contributed by atoms with Crippen LogP contribution in [0.3, 0.4) is 0 Å². The predicted octanol–water partition coefficient (Wildman–Crippen LogP) is 2.99. The number of halogens is 2. The fourth-order valence-corrected chi connectivity index (χ4v) is 1.10. The van der Waals surface area contributed by atoms with Crippen molar-refractivity contribution in [3.05, 3.63) is 40.7 Å². The Morgan fingerprint density at radius 3 is 2.75 bits per heavy atom. The molecule has 12 heavy (non-hydrogen) atoms. The fraction of sp³-hybridized carbons (Fsp3) is 0. The van der Waals surface area contributed by atoms with E-state index in [1.807, 2.05) is 0 Å². The average Bonchev–Trinajstić information content (AvgIpc) is 2.06. The van der Waals surface area contributed by atoms with E-state index in [0.29, 0.717) is 5.56 Å². The van der Waals surface area contributed by atoms with Gasteiger partial charge in [-0.1, -0.05) is 30.3 Å². The number of benzene rings is 1. The van der Waals surface area contributed by atoms with E-state index in [1.54, 1.807) is 6.07 Å². The first-order valence-electron chi connectivity index (χ1n) is 3.21. The molecule has 0 heterocycles. The minimum atomic E-state index is -0.604. The van der Waals surface area contributed by atoms with Crippen molar-refractivity contribution in [3.8, 4) is 6.07 Å². The summed E-state index contributed by atoms with van der Waals surface area (Å²) in [6.07, 6.45) is 1.47. The van der Waals surface area contributed by atoms with Crippen LogP contribution in [0.15, 0.2) is 18.7 Å². The fourth-order valence-electron chi connectivity index (χ4n) is 0.829. The van der Waals surface area contributed by atoms with Gasteiger partial charge in [0.05, 0.1) is 5.02 Å². The first kappa shape index (κ1) is 8.76. The third-order valence-corrected chi connectivity index (χ3v) is 1.86. The van der Waals surface area contributed by atoms with E-state index in [1.165, 1.54) is 18.2 Å². The van der Waals surface area contributed by atoms with Crippen molar-refractivity contribution in [2.45, 2.75) is 0 Å². The summed E-state index contributed by atoms with van der Waals surface area (Å²) >= 11 is 5.68. The van der Waals surface area contributed by atoms with Gasteiger partial charge in [-0.05, 0) is 11.6 Å². The summed E-state index contributed by atoms with van der Waals surface area (Å²) in [5, 5.41) is 8.63. The maximum atomic E-state index is 12.8. The highest BCUT2D eigenvalue weighted by Crippen LogP contribution is 2.23. The van der Waals surface area contributed by atoms with Gasteiger partial charge in [-0.15, -0.1) is 0 Å². The van der Waals surface area contributed by atoms with Gasteiger partial charge >= 0.3 is 0 Å². The minimum Gasteiger partial charge on any atom is -0.205 e. The molecule has 1 aromatic rings. The van der Waals surface area contributed by atoms with Crippen molar-refractivity contribution in [2.75, 3.05) is 0 Å². The van der Waals surface area contributed by atoms with Crippen LogP contribution in [-0.2, 0) is 0 Å². The van der Waals surface area contributed by atoms with Crippen LogP contribution in [0, 0.1) is 17.1 Å². The second kappa shape index (κ2) is 3.38. The highest BCUT2D eigenvalue weighted by atomic mass is 35.5. The van der Waals surface area contributed by atoms with E-state index in [-0.39, 0.29) is 10.6 Å². The molecule has 0 fully saturated rings. The number of nitrogens with zero attached hydrogens (tertiary/aromatic N) is 1. The van der Waals surface area contributed by atoms with Crippen LogP contribution in [0.5, 0.6) is 0 Å². The van der Waals surface area contributed by atoms with Crippen LogP contribution in [0.25, 0.3) is 6.08 Å². The molecule has 1 nitrogen and oxygen atoms in total. The van der Waals surface area contributed by atoms with Gasteiger partial charge in [0, 0.05) is 0 Å². The summed E-state index contributed by atoms with van der Waals surface area (Å²) in [6.45, 7) is 3.48. The molecule has 0 saturated carbocycles. The smallest absolute Gasteiger partial charge is 0.142 e. The van der Waals surface area contributed by atoms with E-state index in [9.17, 15) is 4.39 Å². The Bertz CT molecular complexity index is 366. The lowest BCUT2D eigenvalue weighted by Crippen LogP contribution is -1.87. The van der Waals surface area contributed by atoms with Gasteiger partial charge in [-0.25, -0.2) is 4.39 Å². The highest BCUT2D eigenvalue weighted by Gasteiger charge is 2.08. The Morgan fingerprint density at radius 2 is 2.25 bits per heavy atom. The summed E-state index contributed by atoms with van der Waals surface area (Å²) in [6, 6.07) is 4.36. The zero-order chi connectivity index (χ0) is 9.14. The van der Waals surface area contributed by atoms with Crippen LogP contribution in [0.4, 0.5) is 4.39 Å². The average molecular weight is 182 g/mol. The van der Waals surface area contributed by atoms with E-state index in [2.05, 4.69) is 6.58 Å². The van der Waals surface area contributed by atoms with Crippen LogP contribution in [-0.4, -0.2) is 0 Å². The molecule has 0 radical (unpaired) electrons. The van der Waals surface area contributed by atoms with Gasteiger partial charge in [0.1, 0.15) is 17.4 Å². The molecule has 0 aliphatic rings. The Morgan fingerprint density at radius 1 is 1.58 bits per heavy atom. The topological polar surface area (TPSA) is 23.8 Å². The lowest BCUT2D eigenvalue weighted by Gasteiger charge is -2.00. The normalized spacial score (nSPS) is 9.08. The molecule has 0 aromatic heterocycles. The molecule has 0 saturated heterocycles. The van der Waals surface area contributed by atoms with Gasteiger partial charge in [0.25, 0.3) is 0 Å². The monoisotopic (exact) mass is 181 g/mol. The summed E-state index contributed by atoms with van der Waals surface area (Å²) < 4.78 is 12.8. The lowest BCUT2D eigenvalue weighted by molar-refractivity contribution is 0.624. The molecule has 3 heteroatoms. The van der Waals surface area contributed by atoms with E-state index in [0.717, 1.165) is 0 Å². The van der Waals surface area contributed by atoms with Crippen molar-refractivity contribution >= 4 is 17.7 Å². The van der Waals surface area contributed by atoms with Crippen molar-refractivity contribution in [2.24, 2.45) is 0 Å². The first-order chi connectivity index (χ1) is 5.70. The van der Waals surface area contributed by atoms with E-state index in [4.69, 9.17) is 16.9 Å². The number of rotatable bonds is 1. The molecular formula is C9H5ClFN. The molecule has 60 valence electrons. The maximum absolute atomic E-state index is 12.8. The molecule has 1 aromatic carbocycles. The first-order valence-corrected chi connectivity index (χ1v) is 3.59. The lowest BCUT2D eigenvalue weighted by atomic mass is 10.1. The van der Waals surface area contributed by atoms with Gasteiger partial charge in [0.2, 0.25) is 0 Å². The van der Waals surface area contributed by atoms with Crippen molar-refractivity contribution < 1.29 is 4.39 Å². The van der Waals surface area contributed by atoms with Gasteiger partial charge in [-0.2, -0.15) is 5.26 Å². The van der Waals surface area contributed by atoms with Gasteiger partial charge in [-0.3, -0.25) is 0 Å². The summed E-state index contributed by atoms with van der Waals surface area (Å²) in [5.74, 6) is -0.604. The zero-order valence-corrected chi connectivity index (χ0v) is 6.90. The molecule has 0 bridgehead atoms. The van der Waals surface area contributed by atoms with Crippen molar-refractivity contribution in [1.82, 2.24) is 0 Å².